The van der Waals surface area contributed by atoms with E-state index in [1.165, 1.54) is 6.07 Å². The van der Waals surface area contributed by atoms with Gasteiger partial charge in [-0.05, 0) is 58.7 Å². The lowest BCUT2D eigenvalue weighted by Crippen LogP contribution is -2.04. The first-order valence-corrected chi connectivity index (χ1v) is 9.63. The van der Waals surface area contributed by atoms with E-state index in [1.807, 2.05) is 12.1 Å². The van der Waals surface area contributed by atoms with Gasteiger partial charge in [0.05, 0.1) is 17.0 Å². The molecule has 1 aliphatic rings. The van der Waals surface area contributed by atoms with Gasteiger partial charge in [-0.25, -0.2) is 4.98 Å². The fourth-order valence-electron chi connectivity index (χ4n) is 4.09. The number of alkyl halides is 3. The van der Waals surface area contributed by atoms with Gasteiger partial charge >= 0.3 is 6.18 Å². The maximum Gasteiger partial charge on any atom is 0.416 e. The van der Waals surface area contributed by atoms with Crippen molar-refractivity contribution in [3.8, 4) is 45.1 Å². The van der Waals surface area contributed by atoms with Gasteiger partial charge in [-0.1, -0.05) is 36.4 Å². The molecular weight excluding hydrogens is 403 g/mol. The molecule has 3 nitrogen and oxygen atoms in total. The monoisotopic (exact) mass is 419 g/mol. The summed E-state index contributed by atoms with van der Waals surface area (Å²) in [7, 11) is 0. The first-order chi connectivity index (χ1) is 14.8. The smallest absolute Gasteiger partial charge is 0.416 e. The molecule has 3 aromatic carbocycles. The Hall–Kier alpha value is -3.80. The number of nitrogens with zero attached hydrogens (tertiary/aromatic N) is 1. The fraction of sp³-hybridized carbons (Fsp3) is 0.0800. The Balaban J connectivity index is 1.78. The SMILES string of the molecule is Oc1cccc(-c2cc(-c3cccc(C(F)(F)F)c3)nc3c2Cc2cccc(O)c2-3)c1. The summed E-state index contributed by atoms with van der Waals surface area (Å²) in [5.74, 6) is 0.161. The summed E-state index contributed by atoms with van der Waals surface area (Å²) in [4.78, 5) is 4.67. The van der Waals surface area contributed by atoms with Crippen LogP contribution in [0.15, 0.2) is 72.8 Å². The number of halogens is 3. The van der Waals surface area contributed by atoms with Gasteiger partial charge in [0.1, 0.15) is 11.5 Å². The van der Waals surface area contributed by atoms with Crippen LogP contribution in [0.5, 0.6) is 11.5 Å². The molecule has 1 heterocycles. The molecule has 0 radical (unpaired) electrons. The van der Waals surface area contributed by atoms with Crippen LogP contribution in [0, 0.1) is 0 Å². The second-order valence-corrected chi connectivity index (χ2v) is 7.50. The third kappa shape index (κ3) is 3.30. The summed E-state index contributed by atoms with van der Waals surface area (Å²) in [5.41, 5.74) is 4.29. The first kappa shape index (κ1) is 19.2. The summed E-state index contributed by atoms with van der Waals surface area (Å²) in [6.45, 7) is 0. The Morgan fingerprint density at radius 1 is 0.806 bits per heavy atom. The van der Waals surface area contributed by atoms with Crippen LogP contribution in [-0.4, -0.2) is 15.2 Å². The van der Waals surface area contributed by atoms with Crippen LogP contribution in [-0.2, 0) is 12.6 Å². The molecule has 0 atom stereocenters. The van der Waals surface area contributed by atoms with Crippen LogP contribution >= 0.6 is 0 Å². The van der Waals surface area contributed by atoms with Gasteiger partial charge in [0.25, 0.3) is 0 Å². The molecule has 1 aromatic heterocycles. The molecule has 0 saturated carbocycles. The van der Waals surface area contributed by atoms with Crippen molar-refractivity contribution in [1.29, 1.82) is 0 Å². The molecule has 154 valence electrons. The van der Waals surface area contributed by atoms with Gasteiger partial charge in [-0.15, -0.1) is 0 Å². The number of benzene rings is 3. The third-order valence-corrected chi connectivity index (χ3v) is 5.50. The second-order valence-electron chi connectivity index (χ2n) is 7.50. The molecule has 2 N–H and O–H groups in total. The fourth-order valence-corrected chi connectivity index (χ4v) is 4.09. The van der Waals surface area contributed by atoms with Crippen molar-refractivity contribution >= 4 is 0 Å². The molecule has 4 aromatic rings. The second kappa shape index (κ2) is 6.87. The van der Waals surface area contributed by atoms with Crippen molar-refractivity contribution in [3.63, 3.8) is 0 Å². The van der Waals surface area contributed by atoms with Crippen molar-refractivity contribution in [3.05, 3.63) is 89.5 Å². The number of phenols is 2. The zero-order valence-corrected chi connectivity index (χ0v) is 16.1. The Bertz CT molecular complexity index is 1330. The Morgan fingerprint density at radius 3 is 2.32 bits per heavy atom. The molecule has 0 fully saturated rings. The Kier molecular flexibility index (Phi) is 4.25. The molecule has 0 amide bonds. The topological polar surface area (TPSA) is 53.4 Å². The van der Waals surface area contributed by atoms with Crippen LogP contribution < -0.4 is 0 Å². The van der Waals surface area contributed by atoms with Crippen molar-refractivity contribution in [1.82, 2.24) is 4.98 Å². The lowest BCUT2D eigenvalue weighted by atomic mass is 9.95. The summed E-state index contributed by atoms with van der Waals surface area (Å²) in [6.07, 6.45) is -3.94. The summed E-state index contributed by atoms with van der Waals surface area (Å²) >= 11 is 0. The highest BCUT2D eigenvalue weighted by atomic mass is 19.4. The van der Waals surface area contributed by atoms with E-state index in [2.05, 4.69) is 4.98 Å². The molecule has 0 bridgehead atoms. The Labute approximate surface area is 176 Å². The van der Waals surface area contributed by atoms with Gasteiger partial charge in [-0.3, -0.25) is 0 Å². The Morgan fingerprint density at radius 2 is 1.55 bits per heavy atom. The minimum atomic E-state index is -4.47. The minimum absolute atomic E-state index is 0.0757. The van der Waals surface area contributed by atoms with Crippen LogP contribution in [0.2, 0.25) is 0 Å². The van der Waals surface area contributed by atoms with Crippen molar-refractivity contribution in [2.75, 3.05) is 0 Å². The highest BCUT2D eigenvalue weighted by molar-refractivity contribution is 5.88. The highest BCUT2D eigenvalue weighted by Gasteiger charge is 2.31. The average Bonchev–Trinajstić information content (AvgIpc) is 3.12. The van der Waals surface area contributed by atoms with E-state index in [-0.39, 0.29) is 11.5 Å². The summed E-state index contributed by atoms with van der Waals surface area (Å²) < 4.78 is 39.8. The number of hydrogen-bond donors (Lipinski definition) is 2. The van der Waals surface area contributed by atoms with Crippen LogP contribution in [0.3, 0.4) is 0 Å². The molecule has 0 unspecified atom stereocenters. The van der Waals surface area contributed by atoms with E-state index in [0.29, 0.717) is 28.9 Å². The zero-order valence-electron chi connectivity index (χ0n) is 16.1. The molecule has 0 saturated heterocycles. The molecule has 6 heteroatoms. The van der Waals surface area contributed by atoms with E-state index in [1.54, 1.807) is 42.5 Å². The van der Waals surface area contributed by atoms with Crippen LogP contribution in [0.25, 0.3) is 33.6 Å². The zero-order chi connectivity index (χ0) is 21.8. The molecule has 31 heavy (non-hydrogen) atoms. The predicted octanol–water partition coefficient (Wildman–Crippen LogP) is 6.42. The lowest BCUT2D eigenvalue weighted by molar-refractivity contribution is -0.137. The quantitative estimate of drug-likeness (QED) is 0.347. The maximum atomic E-state index is 13.3. The van der Waals surface area contributed by atoms with Crippen LogP contribution in [0.1, 0.15) is 16.7 Å². The van der Waals surface area contributed by atoms with E-state index in [4.69, 9.17) is 0 Å². The summed E-state index contributed by atoms with van der Waals surface area (Å²) in [5, 5.41) is 20.4. The number of phenolic OH excluding ortho intramolecular Hbond substituents is 2. The molecule has 5 rings (SSSR count). The number of aromatic nitrogens is 1. The van der Waals surface area contributed by atoms with E-state index in [0.717, 1.165) is 34.4 Å². The normalized spacial score (nSPS) is 12.5. The molecular formula is C25H16F3NO2. The standard InChI is InChI=1S/C25H16F3NO2/c26-25(27,28)17-7-1-5-15(10-17)21-13-19(14-4-2-8-18(30)11-14)20-12-16-6-3-9-22(31)23(16)24(20)29-21/h1-11,13,30-31H,12H2. The van der Waals surface area contributed by atoms with Gasteiger partial charge in [0.2, 0.25) is 0 Å². The van der Waals surface area contributed by atoms with Crippen LogP contribution in [0.4, 0.5) is 13.2 Å². The van der Waals surface area contributed by atoms with Gasteiger partial charge in [-0.2, -0.15) is 13.2 Å². The van der Waals surface area contributed by atoms with E-state index < -0.39 is 11.7 Å². The third-order valence-electron chi connectivity index (χ3n) is 5.50. The highest BCUT2D eigenvalue weighted by Crippen LogP contribution is 2.46. The van der Waals surface area contributed by atoms with Crippen molar-refractivity contribution < 1.29 is 23.4 Å². The number of hydrogen-bond acceptors (Lipinski definition) is 3. The van der Waals surface area contributed by atoms with Crippen molar-refractivity contribution in [2.45, 2.75) is 12.6 Å². The average molecular weight is 419 g/mol. The van der Waals surface area contributed by atoms with Gasteiger partial charge < -0.3 is 10.2 Å². The van der Waals surface area contributed by atoms with E-state index in [9.17, 15) is 23.4 Å². The molecule has 0 aliphatic heterocycles. The maximum absolute atomic E-state index is 13.3. The number of pyridine rings is 1. The van der Waals surface area contributed by atoms with Crippen molar-refractivity contribution in [2.24, 2.45) is 0 Å². The number of aromatic hydroxyl groups is 2. The number of rotatable bonds is 2. The minimum Gasteiger partial charge on any atom is -0.508 e. The first-order valence-electron chi connectivity index (χ1n) is 9.63. The molecule has 0 spiro atoms. The number of fused-ring (bicyclic) bond motifs is 3. The molecule has 1 aliphatic carbocycles. The lowest BCUT2D eigenvalue weighted by Gasteiger charge is -2.14. The van der Waals surface area contributed by atoms with Gasteiger partial charge in [0, 0.05) is 17.5 Å². The van der Waals surface area contributed by atoms with E-state index >= 15 is 0 Å². The summed E-state index contributed by atoms with van der Waals surface area (Å²) in [6, 6.07) is 18.7. The predicted molar refractivity (Wildman–Crippen MR) is 112 cm³/mol. The van der Waals surface area contributed by atoms with Gasteiger partial charge in [0.15, 0.2) is 0 Å². The largest absolute Gasteiger partial charge is 0.508 e.